The molecule has 0 aliphatic carbocycles. The number of hydrogen-bond acceptors (Lipinski definition) is 4. The number of hydrogen-bond donors (Lipinski definition) is 0. The van der Waals surface area contributed by atoms with Gasteiger partial charge in [-0.3, -0.25) is 14.5 Å². The van der Waals surface area contributed by atoms with Crippen LogP contribution in [0.3, 0.4) is 0 Å². The molecule has 0 bridgehead atoms. The van der Waals surface area contributed by atoms with Crippen LogP contribution < -0.4 is 0 Å². The summed E-state index contributed by atoms with van der Waals surface area (Å²) < 4.78 is 7.67. The van der Waals surface area contributed by atoms with Crippen LogP contribution in [0.15, 0.2) is 30.3 Å². The van der Waals surface area contributed by atoms with E-state index in [2.05, 4.69) is 40.7 Å². The molecule has 0 saturated carbocycles. The minimum Gasteiger partial charge on any atom is -0.368 e. The minimum absolute atomic E-state index is 0.111. The van der Waals surface area contributed by atoms with Gasteiger partial charge < -0.3 is 14.2 Å². The number of benzene rings is 1. The second-order valence-corrected chi connectivity index (χ2v) is 8.48. The molecule has 2 saturated heterocycles. The van der Waals surface area contributed by atoms with Crippen LogP contribution in [-0.4, -0.2) is 71.5 Å². The van der Waals surface area contributed by atoms with Crippen LogP contribution in [0.1, 0.15) is 40.2 Å². The van der Waals surface area contributed by atoms with Crippen molar-refractivity contribution in [1.82, 2.24) is 14.4 Å². The average molecular weight is 410 g/mol. The molecule has 2 aliphatic rings. The van der Waals surface area contributed by atoms with E-state index in [0.29, 0.717) is 26.2 Å². The van der Waals surface area contributed by atoms with Gasteiger partial charge in [-0.15, -0.1) is 0 Å². The van der Waals surface area contributed by atoms with Crippen LogP contribution in [0, 0.1) is 20.8 Å². The van der Waals surface area contributed by atoms with Crippen molar-refractivity contribution in [2.24, 2.45) is 0 Å². The van der Waals surface area contributed by atoms with Crippen molar-refractivity contribution in [1.29, 1.82) is 0 Å². The standard InChI is InChI=1S/C24H31N3O3/c1-17-6-8-20(9-7-17)27-18(2)15-21(19(27)3)22(28)16-25-10-12-26(13-11-25)24(29)23-5-4-14-30-23/h6-9,15,23H,4-5,10-14,16H2,1-3H3. The van der Waals surface area contributed by atoms with Gasteiger partial charge in [0.2, 0.25) is 0 Å². The molecule has 1 unspecified atom stereocenters. The van der Waals surface area contributed by atoms with Gasteiger partial charge >= 0.3 is 0 Å². The summed E-state index contributed by atoms with van der Waals surface area (Å²) in [6, 6.07) is 10.4. The summed E-state index contributed by atoms with van der Waals surface area (Å²) in [5, 5.41) is 0. The zero-order chi connectivity index (χ0) is 21.3. The summed E-state index contributed by atoms with van der Waals surface area (Å²) in [7, 11) is 0. The highest BCUT2D eigenvalue weighted by molar-refractivity contribution is 5.99. The second kappa shape index (κ2) is 8.74. The average Bonchev–Trinajstić information content (AvgIpc) is 3.37. The van der Waals surface area contributed by atoms with Crippen molar-refractivity contribution in [3.05, 3.63) is 52.8 Å². The van der Waals surface area contributed by atoms with Crippen LogP contribution >= 0.6 is 0 Å². The Bertz CT molecular complexity index is 918. The number of amides is 1. The molecule has 4 rings (SSSR count). The second-order valence-electron chi connectivity index (χ2n) is 8.48. The summed E-state index contributed by atoms with van der Waals surface area (Å²) in [6.45, 7) is 9.97. The Kier molecular flexibility index (Phi) is 6.06. The fourth-order valence-corrected chi connectivity index (χ4v) is 4.53. The maximum atomic E-state index is 13.1. The zero-order valence-corrected chi connectivity index (χ0v) is 18.2. The van der Waals surface area contributed by atoms with Gasteiger partial charge in [0.25, 0.3) is 5.91 Å². The van der Waals surface area contributed by atoms with Crippen LogP contribution in [0.4, 0.5) is 0 Å². The van der Waals surface area contributed by atoms with E-state index < -0.39 is 0 Å². The Balaban J connectivity index is 1.38. The topological polar surface area (TPSA) is 54.8 Å². The van der Waals surface area contributed by atoms with Gasteiger partial charge in [0.1, 0.15) is 6.10 Å². The third kappa shape index (κ3) is 4.20. The molecule has 1 amide bonds. The lowest BCUT2D eigenvalue weighted by Crippen LogP contribution is -2.52. The summed E-state index contributed by atoms with van der Waals surface area (Å²) in [5.74, 6) is 0.250. The summed E-state index contributed by atoms with van der Waals surface area (Å²) >= 11 is 0. The Morgan fingerprint density at radius 3 is 2.37 bits per heavy atom. The largest absolute Gasteiger partial charge is 0.368 e. The highest BCUT2D eigenvalue weighted by atomic mass is 16.5. The van der Waals surface area contributed by atoms with E-state index in [1.807, 2.05) is 24.8 Å². The maximum absolute atomic E-state index is 13.1. The molecule has 2 fully saturated rings. The third-order valence-corrected chi connectivity index (χ3v) is 6.28. The number of carbonyl (C=O) groups is 2. The molecule has 160 valence electrons. The predicted molar refractivity (Wildman–Crippen MR) is 116 cm³/mol. The van der Waals surface area contributed by atoms with Gasteiger partial charge in [-0.25, -0.2) is 0 Å². The highest BCUT2D eigenvalue weighted by Gasteiger charge is 2.31. The van der Waals surface area contributed by atoms with Gasteiger partial charge in [-0.2, -0.15) is 0 Å². The molecule has 1 aromatic carbocycles. The Hall–Kier alpha value is -2.44. The first-order valence-electron chi connectivity index (χ1n) is 10.9. The number of nitrogens with zero attached hydrogens (tertiary/aromatic N) is 3. The predicted octanol–water partition coefficient (Wildman–Crippen LogP) is 2.91. The van der Waals surface area contributed by atoms with Crippen molar-refractivity contribution in [3.8, 4) is 5.69 Å². The summed E-state index contributed by atoms with van der Waals surface area (Å²) in [6.07, 6.45) is 1.53. The number of piperazine rings is 1. The van der Waals surface area contributed by atoms with Gasteiger partial charge in [0, 0.05) is 55.4 Å². The van der Waals surface area contributed by atoms with Gasteiger partial charge in [-0.1, -0.05) is 17.7 Å². The van der Waals surface area contributed by atoms with E-state index in [4.69, 9.17) is 4.74 Å². The van der Waals surface area contributed by atoms with E-state index in [0.717, 1.165) is 48.6 Å². The lowest BCUT2D eigenvalue weighted by molar-refractivity contribution is -0.142. The molecule has 0 N–H and O–H groups in total. The van der Waals surface area contributed by atoms with Crippen molar-refractivity contribution >= 4 is 11.7 Å². The lowest BCUT2D eigenvalue weighted by Gasteiger charge is -2.35. The Morgan fingerprint density at radius 2 is 1.73 bits per heavy atom. The van der Waals surface area contributed by atoms with Crippen molar-refractivity contribution < 1.29 is 14.3 Å². The molecule has 1 aromatic heterocycles. The number of ether oxygens (including phenoxy) is 1. The monoisotopic (exact) mass is 409 g/mol. The molecule has 0 spiro atoms. The van der Waals surface area contributed by atoms with Gasteiger partial charge in [0.05, 0.1) is 6.54 Å². The van der Waals surface area contributed by atoms with Crippen LogP contribution in [0.5, 0.6) is 0 Å². The Labute approximate surface area is 178 Å². The molecule has 3 heterocycles. The van der Waals surface area contributed by atoms with Crippen LogP contribution in [-0.2, 0) is 9.53 Å². The summed E-state index contributed by atoms with van der Waals surface area (Å²) in [5.41, 5.74) is 5.12. The van der Waals surface area contributed by atoms with Crippen LogP contribution in [0.25, 0.3) is 5.69 Å². The fourth-order valence-electron chi connectivity index (χ4n) is 4.53. The SMILES string of the molecule is Cc1ccc(-n2c(C)cc(C(=O)CN3CCN(C(=O)C4CCCO4)CC3)c2C)cc1. The molecule has 0 radical (unpaired) electrons. The number of aromatic nitrogens is 1. The molecule has 30 heavy (non-hydrogen) atoms. The van der Waals surface area contributed by atoms with E-state index in [9.17, 15) is 9.59 Å². The first-order valence-corrected chi connectivity index (χ1v) is 10.9. The van der Waals surface area contributed by atoms with E-state index in [1.54, 1.807) is 0 Å². The lowest BCUT2D eigenvalue weighted by atomic mass is 10.1. The Morgan fingerprint density at radius 1 is 1.03 bits per heavy atom. The minimum atomic E-state index is -0.259. The van der Waals surface area contributed by atoms with Crippen molar-refractivity contribution in [3.63, 3.8) is 0 Å². The number of carbonyl (C=O) groups excluding carboxylic acids is 2. The molecule has 2 aliphatic heterocycles. The van der Waals surface area contributed by atoms with Crippen molar-refractivity contribution in [2.75, 3.05) is 39.3 Å². The van der Waals surface area contributed by atoms with E-state index >= 15 is 0 Å². The van der Waals surface area contributed by atoms with E-state index in [1.165, 1.54) is 5.56 Å². The molecular weight excluding hydrogens is 378 g/mol. The summed E-state index contributed by atoms with van der Waals surface area (Å²) in [4.78, 5) is 29.6. The van der Waals surface area contributed by atoms with Crippen molar-refractivity contribution in [2.45, 2.75) is 39.7 Å². The molecule has 6 heteroatoms. The third-order valence-electron chi connectivity index (χ3n) is 6.28. The molecule has 2 aromatic rings. The molecule has 1 atom stereocenters. The first-order chi connectivity index (χ1) is 14.4. The molecule has 6 nitrogen and oxygen atoms in total. The highest BCUT2D eigenvalue weighted by Crippen LogP contribution is 2.22. The zero-order valence-electron chi connectivity index (χ0n) is 18.2. The number of aryl methyl sites for hydroxylation is 2. The smallest absolute Gasteiger partial charge is 0.251 e. The fraction of sp³-hybridized carbons (Fsp3) is 0.500. The van der Waals surface area contributed by atoms with Crippen LogP contribution in [0.2, 0.25) is 0 Å². The normalized spacial score (nSPS) is 20.0. The number of rotatable bonds is 5. The quantitative estimate of drug-likeness (QED) is 0.713. The van der Waals surface area contributed by atoms with E-state index in [-0.39, 0.29) is 17.8 Å². The number of Topliss-reactive ketones (excluding diaryl/α,β-unsaturated/α-hetero) is 1. The first kappa shape index (κ1) is 20.8. The van der Waals surface area contributed by atoms with Gasteiger partial charge in [-0.05, 0) is 51.8 Å². The number of ketones is 1. The maximum Gasteiger partial charge on any atom is 0.251 e. The van der Waals surface area contributed by atoms with Gasteiger partial charge in [0.15, 0.2) is 5.78 Å². The molecular formula is C24H31N3O3.